The second-order valence-corrected chi connectivity index (χ2v) is 10.0. The number of esters is 1. The van der Waals surface area contributed by atoms with Crippen molar-refractivity contribution in [1.29, 1.82) is 0 Å². The number of ketones is 2. The Labute approximate surface area is 166 Å². The Kier molecular flexibility index (Phi) is 4.80. The smallest absolute Gasteiger partial charge is 0.302 e. The molecule has 4 aliphatic carbocycles. The maximum Gasteiger partial charge on any atom is 0.302 e. The summed E-state index contributed by atoms with van der Waals surface area (Å²) in [5.74, 6) is 0.842. The fraction of sp³-hybridized carbons (Fsp3) is 0.783. The van der Waals surface area contributed by atoms with Crippen LogP contribution in [0.2, 0.25) is 0 Å². The number of ether oxygens (including phenoxy) is 1. The molecule has 3 fully saturated rings. The van der Waals surface area contributed by atoms with E-state index in [0.29, 0.717) is 30.5 Å². The molecule has 28 heavy (non-hydrogen) atoms. The lowest BCUT2D eigenvalue weighted by atomic mass is 9.46. The van der Waals surface area contributed by atoms with E-state index in [2.05, 4.69) is 13.8 Å². The number of hydrogen-bond donors (Lipinski definition) is 1. The molecule has 0 aromatic heterocycles. The first-order valence-electron chi connectivity index (χ1n) is 10.7. The molecule has 4 aliphatic rings. The molecule has 0 spiro atoms. The summed E-state index contributed by atoms with van der Waals surface area (Å²) in [6.45, 7) is 5.73. The summed E-state index contributed by atoms with van der Waals surface area (Å²) in [4.78, 5) is 36.6. The standard InChI is InChI=1S/C23H32O5/c1-13(24)28-12-20(27)18-7-6-17-16-5-4-14-10-15(25)8-9-22(14,2)21(16)19(26)11-23(17,18)3/h10,16-18,20-21,27H,4-9,11-12H2,1-3H3/t16-,17-,18?,20-,21+,22-,23-/m0/s1. The van der Waals surface area contributed by atoms with Crippen molar-refractivity contribution in [3.05, 3.63) is 11.6 Å². The minimum atomic E-state index is -0.717. The average Bonchev–Trinajstić information content (AvgIpc) is 2.96. The van der Waals surface area contributed by atoms with Crippen LogP contribution in [0, 0.1) is 34.5 Å². The van der Waals surface area contributed by atoms with Gasteiger partial charge in [0, 0.05) is 25.7 Å². The van der Waals surface area contributed by atoms with Gasteiger partial charge in [0.25, 0.3) is 0 Å². The number of aliphatic hydroxyl groups excluding tert-OH is 1. The zero-order valence-corrected chi connectivity index (χ0v) is 17.2. The highest BCUT2D eigenvalue weighted by Gasteiger charge is 2.62. The van der Waals surface area contributed by atoms with Crippen molar-refractivity contribution in [2.75, 3.05) is 6.61 Å². The van der Waals surface area contributed by atoms with Gasteiger partial charge >= 0.3 is 5.97 Å². The molecule has 5 heteroatoms. The van der Waals surface area contributed by atoms with E-state index in [1.807, 2.05) is 6.08 Å². The molecule has 5 nitrogen and oxygen atoms in total. The van der Waals surface area contributed by atoms with Crippen molar-refractivity contribution in [1.82, 2.24) is 0 Å². The van der Waals surface area contributed by atoms with Crippen LogP contribution in [0.3, 0.4) is 0 Å². The average molecular weight is 389 g/mol. The molecule has 3 saturated carbocycles. The van der Waals surface area contributed by atoms with Gasteiger partial charge in [-0.2, -0.15) is 0 Å². The number of carbonyl (C=O) groups excluding carboxylic acids is 3. The molecule has 4 rings (SSSR count). The van der Waals surface area contributed by atoms with Crippen molar-refractivity contribution in [2.24, 2.45) is 34.5 Å². The maximum absolute atomic E-state index is 13.5. The molecule has 0 saturated heterocycles. The van der Waals surface area contributed by atoms with Crippen LogP contribution in [0.5, 0.6) is 0 Å². The Bertz CT molecular complexity index is 739. The number of fused-ring (bicyclic) bond motifs is 5. The summed E-state index contributed by atoms with van der Waals surface area (Å²) < 4.78 is 5.06. The number of rotatable bonds is 3. The number of allylic oxidation sites excluding steroid dienone is 1. The molecule has 1 unspecified atom stereocenters. The molecule has 0 aliphatic heterocycles. The van der Waals surface area contributed by atoms with Gasteiger partial charge in [0.2, 0.25) is 0 Å². The summed E-state index contributed by atoms with van der Waals surface area (Å²) >= 11 is 0. The van der Waals surface area contributed by atoms with Gasteiger partial charge in [-0.25, -0.2) is 0 Å². The predicted octanol–water partition coefficient (Wildman–Crippen LogP) is 3.24. The Morgan fingerprint density at radius 1 is 1.25 bits per heavy atom. The second kappa shape index (κ2) is 6.79. The highest BCUT2D eigenvalue weighted by atomic mass is 16.5. The highest BCUT2D eigenvalue weighted by molar-refractivity contribution is 5.93. The van der Waals surface area contributed by atoms with Crippen LogP contribution in [-0.4, -0.2) is 35.4 Å². The summed E-state index contributed by atoms with van der Waals surface area (Å²) in [6.07, 6.45) is 6.67. The summed E-state index contributed by atoms with van der Waals surface area (Å²) in [7, 11) is 0. The third-order valence-electron chi connectivity index (χ3n) is 8.64. The minimum absolute atomic E-state index is 0.00281. The van der Waals surface area contributed by atoms with E-state index in [-0.39, 0.29) is 41.0 Å². The zero-order chi connectivity index (χ0) is 20.3. The first-order chi connectivity index (χ1) is 13.2. The van der Waals surface area contributed by atoms with E-state index in [1.165, 1.54) is 12.5 Å². The lowest BCUT2D eigenvalue weighted by Gasteiger charge is -2.57. The highest BCUT2D eigenvalue weighted by Crippen LogP contribution is 2.65. The summed E-state index contributed by atoms with van der Waals surface area (Å²) in [6, 6.07) is 0. The lowest BCUT2D eigenvalue weighted by Crippen LogP contribution is -2.55. The molecule has 0 amide bonds. The van der Waals surface area contributed by atoms with E-state index in [0.717, 1.165) is 32.1 Å². The molecule has 0 aromatic carbocycles. The Hall–Kier alpha value is -1.49. The number of carbonyl (C=O) groups is 3. The molecular formula is C23H32O5. The van der Waals surface area contributed by atoms with Crippen LogP contribution in [0.4, 0.5) is 0 Å². The fourth-order valence-electron chi connectivity index (χ4n) is 7.37. The number of aliphatic hydroxyl groups is 1. The predicted molar refractivity (Wildman–Crippen MR) is 103 cm³/mol. The summed E-state index contributed by atoms with van der Waals surface area (Å²) in [5, 5.41) is 10.7. The Morgan fingerprint density at radius 3 is 2.71 bits per heavy atom. The quantitative estimate of drug-likeness (QED) is 0.751. The van der Waals surface area contributed by atoms with E-state index >= 15 is 0 Å². The van der Waals surface area contributed by atoms with E-state index in [4.69, 9.17) is 4.74 Å². The topological polar surface area (TPSA) is 80.7 Å². The van der Waals surface area contributed by atoms with Crippen LogP contribution in [0.25, 0.3) is 0 Å². The SMILES string of the molecule is CC(=O)OC[C@H](O)C1CC[C@H]2[C@@H]3CCC4=CC(=O)CC[C@]4(C)[C@H]3C(=O)C[C@]12C. The molecule has 0 bridgehead atoms. The van der Waals surface area contributed by atoms with E-state index in [1.54, 1.807) is 0 Å². The van der Waals surface area contributed by atoms with Gasteiger partial charge in [-0.15, -0.1) is 0 Å². The zero-order valence-electron chi connectivity index (χ0n) is 17.2. The first kappa shape index (κ1) is 19.8. The van der Waals surface area contributed by atoms with Crippen molar-refractivity contribution in [2.45, 2.75) is 71.8 Å². The van der Waals surface area contributed by atoms with Gasteiger partial charge in [-0.1, -0.05) is 19.4 Å². The number of hydrogen-bond acceptors (Lipinski definition) is 5. The molecule has 0 aromatic rings. The van der Waals surface area contributed by atoms with Crippen LogP contribution < -0.4 is 0 Å². The van der Waals surface area contributed by atoms with Crippen LogP contribution >= 0.6 is 0 Å². The van der Waals surface area contributed by atoms with Crippen molar-refractivity contribution < 1.29 is 24.2 Å². The third-order valence-corrected chi connectivity index (χ3v) is 8.64. The largest absolute Gasteiger partial charge is 0.463 e. The lowest BCUT2D eigenvalue weighted by molar-refractivity contribution is -0.153. The molecular weight excluding hydrogens is 356 g/mol. The van der Waals surface area contributed by atoms with Gasteiger partial charge in [0.1, 0.15) is 12.4 Å². The van der Waals surface area contributed by atoms with Crippen LogP contribution in [-0.2, 0) is 19.1 Å². The van der Waals surface area contributed by atoms with Gasteiger partial charge in [0.05, 0.1) is 6.10 Å². The van der Waals surface area contributed by atoms with Gasteiger partial charge < -0.3 is 9.84 Å². The van der Waals surface area contributed by atoms with Crippen molar-refractivity contribution >= 4 is 17.5 Å². The van der Waals surface area contributed by atoms with E-state index in [9.17, 15) is 19.5 Å². The molecule has 154 valence electrons. The third kappa shape index (κ3) is 2.89. The minimum Gasteiger partial charge on any atom is -0.463 e. The fourth-order valence-corrected chi connectivity index (χ4v) is 7.37. The number of Topliss-reactive ketones (excluding diaryl/α,β-unsaturated/α-hetero) is 1. The van der Waals surface area contributed by atoms with Gasteiger partial charge in [0.15, 0.2) is 5.78 Å². The first-order valence-corrected chi connectivity index (χ1v) is 10.7. The van der Waals surface area contributed by atoms with Gasteiger partial charge in [-0.05, 0) is 66.8 Å². The molecule has 0 radical (unpaired) electrons. The maximum atomic E-state index is 13.5. The van der Waals surface area contributed by atoms with Gasteiger partial charge in [-0.3, -0.25) is 14.4 Å². The Morgan fingerprint density at radius 2 is 2.00 bits per heavy atom. The van der Waals surface area contributed by atoms with E-state index < -0.39 is 6.10 Å². The normalized spacial score (nSPS) is 43.5. The van der Waals surface area contributed by atoms with Crippen molar-refractivity contribution in [3.63, 3.8) is 0 Å². The van der Waals surface area contributed by atoms with Crippen LogP contribution in [0.1, 0.15) is 65.7 Å². The van der Waals surface area contributed by atoms with Crippen molar-refractivity contribution in [3.8, 4) is 0 Å². The molecule has 1 N–H and O–H groups in total. The van der Waals surface area contributed by atoms with Crippen LogP contribution in [0.15, 0.2) is 11.6 Å². The molecule has 0 heterocycles. The Balaban J connectivity index is 1.61. The monoisotopic (exact) mass is 388 g/mol. The summed E-state index contributed by atoms with van der Waals surface area (Å²) in [5.41, 5.74) is 0.773. The second-order valence-electron chi connectivity index (χ2n) is 10.0. The molecule has 7 atom stereocenters.